The largest absolute Gasteiger partial charge is 0.493 e. The Balaban J connectivity index is 1.75. The zero-order valence-electron chi connectivity index (χ0n) is 16.5. The van der Waals surface area contributed by atoms with Crippen LogP contribution in [-0.4, -0.2) is 24.2 Å². The van der Waals surface area contributed by atoms with Gasteiger partial charge in [0.2, 0.25) is 0 Å². The molecule has 5 rings (SSSR count). The molecule has 0 aliphatic carbocycles. The lowest BCUT2D eigenvalue weighted by molar-refractivity contribution is 0.356. The second-order valence-electron chi connectivity index (χ2n) is 6.76. The summed E-state index contributed by atoms with van der Waals surface area (Å²) in [5.74, 6) is 2.66. The van der Waals surface area contributed by atoms with Gasteiger partial charge in [-0.25, -0.2) is 9.97 Å². The monoisotopic (exact) mass is 413 g/mol. The first-order valence-electron chi connectivity index (χ1n) is 9.49. The van der Waals surface area contributed by atoms with Crippen LogP contribution in [0.5, 0.6) is 11.5 Å². The van der Waals surface area contributed by atoms with Crippen molar-refractivity contribution in [1.82, 2.24) is 9.97 Å². The van der Waals surface area contributed by atoms with Gasteiger partial charge in [-0.1, -0.05) is 36.4 Å². The molecule has 3 aromatic carbocycles. The van der Waals surface area contributed by atoms with Crippen LogP contribution >= 0.6 is 11.3 Å². The lowest BCUT2D eigenvalue weighted by Gasteiger charge is -2.14. The van der Waals surface area contributed by atoms with Crippen LogP contribution in [0.25, 0.3) is 32.4 Å². The van der Waals surface area contributed by atoms with Crippen molar-refractivity contribution in [2.24, 2.45) is 0 Å². The third-order valence-corrected chi connectivity index (χ3v) is 5.92. The molecule has 5 aromatic rings. The fourth-order valence-electron chi connectivity index (χ4n) is 3.48. The SMILES string of the molecule is COc1cc2nc(-c3csc4ccccc34)nc(Nc3ccccc3)c2cc1OC. The summed E-state index contributed by atoms with van der Waals surface area (Å²) in [5.41, 5.74) is 2.75. The van der Waals surface area contributed by atoms with Gasteiger partial charge < -0.3 is 14.8 Å². The molecule has 0 atom stereocenters. The van der Waals surface area contributed by atoms with Crippen molar-refractivity contribution in [2.75, 3.05) is 19.5 Å². The minimum absolute atomic E-state index is 0.635. The molecule has 0 fully saturated rings. The molecule has 0 unspecified atom stereocenters. The third-order valence-electron chi connectivity index (χ3n) is 4.96. The highest BCUT2D eigenvalue weighted by atomic mass is 32.1. The molecule has 6 heteroatoms. The summed E-state index contributed by atoms with van der Waals surface area (Å²) in [6, 6.07) is 22.1. The average molecular weight is 414 g/mol. The maximum Gasteiger partial charge on any atom is 0.163 e. The Hall–Kier alpha value is -3.64. The van der Waals surface area contributed by atoms with Gasteiger partial charge in [0.1, 0.15) is 5.82 Å². The minimum atomic E-state index is 0.635. The summed E-state index contributed by atoms with van der Waals surface area (Å²) in [5, 5.41) is 7.56. The zero-order chi connectivity index (χ0) is 20.5. The number of fused-ring (bicyclic) bond motifs is 2. The van der Waals surface area contributed by atoms with E-state index in [9.17, 15) is 0 Å². The minimum Gasteiger partial charge on any atom is -0.493 e. The van der Waals surface area contributed by atoms with E-state index in [0.29, 0.717) is 17.3 Å². The molecule has 5 nitrogen and oxygen atoms in total. The average Bonchev–Trinajstić information content (AvgIpc) is 3.23. The molecule has 2 aromatic heterocycles. The highest BCUT2D eigenvalue weighted by Crippen LogP contribution is 2.38. The number of ether oxygens (including phenoxy) is 2. The molecule has 2 heterocycles. The van der Waals surface area contributed by atoms with E-state index < -0.39 is 0 Å². The number of nitrogens with zero attached hydrogens (tertiary/aromatic N) is 2. The topological polar surface area (TPSA) is 56.3 Å². The predicted molar refractivity (Wildman–Crippen MR) is 123 cm³/mol. The fourth-order valence-corrected chi connectivity index (χ4v) is 4.42. The van der Waals surface area contributed by atoms with Gasteiger partial charge in [-0.05, 0) is 24.3 Å². The quantitative estimate of drug-likeness (QED) is 0.368. The summed E-state index contributed by atoms with van der Waals surface area (Å²) in [7, 11) is 3.25. The van der Waals surface area contributed by atoms with Crippen LogP contribution in [-0.2, 0) is 0 Å². The van der Waals surface area contributed by atoms with E-state index in [1.165, 1.54) is 4.70 Å². The van der Waals surface area contributed by atoms with Crippen molar-refractivity contribution in [3.05, 3.63) is 72.1 Å². The van der Waals surface area contributed by atoms with Crippen molar-refractivity contribution in [1.29, 1.82) is 0 Å². The normalized spacial score (nSPS) is 11.0. The molecular weight excluding hydrogens is 394 g/mol. The van der Waals surface area contributed by atoms with Crippen LogP contribution in [0.4, 0.5) is 11.5 Å². The maximum atomic E-state index is 5.50. The number of hydrogen-bond acceptors (Lipinski definition) is 6. The third kappa shape index (κ3) is 3.21. The van der Waals surface area contributed by atoms with Gasteiger partial charge >= 0.3 is 0 Å². The second kappa shape index (κ2) is 7.65. The number of rotatable bonds is 5. The first-order valence-corrected chi connectivity index (χ1v) is 10.4. The molecular formula is C24H19N3O2S. The highest BCUT2D eigenvalue weighted by Gasteiger charge is 2.16. The van der Waals surface area contributed by atoms with Gasteiger partial charge in [0, 0.05) is 38.2 Å². The van der Waals surface area contributed by atoms with Crippen LogP contribution in [0.3, 0.4) is 0 Å². The van der Waals surface area contributed by atoms with Gasteiger partial charge in [0.05, 0.1) is 19.7 Å². The Morgan fingerprint density at radius 2 is 1.53 bits per heavy atom. The summed E-state index contributed by atoms with van der Waals surface area (Å²) < 4.78 is 12.2. The number of thiophene rings is 1. The lowest BCUT2D eigenvalue weighted by Crippen LogP contribution is -2.00. The van der Waals surface area contributed by atoms with Crippen LogP contribution in [0.2, 0.25) is 0 Å². The van der Waals surface area contributed by atoms with E-state index in [-0.39, 0.29) is 0 Å². The molecule has 0 aliphatic heterocycles. The van der Waals surface area contributed by atoms with E-state index >= 15 is 0 Å². The molecule has 148 valence electrons. The van der Waals surface area contributed by atoms with E-state index in [4.69, 9.17) is 19.4 Å². The predicted octanol–water partition coefficient (Wildman–Crippen LogP) is 6.27. The number of hydrogen-bond donors (Lipinski definition) is 1. The molecule has 0 aliphatic rings. The Kier molecular flexibility index (Phi) is 4.69. The first-order chi connectivity index (χ1) is 14.8. The Morgan fingerprint density at radius 3 is 2.33 bits per heavy atom. The van der Waals surface area contributed by atoms with Gasteiger partial charge in [0.15, 0.2) is 17.3 Å². The maximum absolute atomic E-state index is 5.50. The van der Waals surface area contributed by atoms with Gasteiger partial charge in [-0.2, -0.15) is 0 Å². The summed E-state index contributed by atoms with van der Waals surface area (Å²) in [6.07, 6.45) is 0. The van der Waals surface area contributed by atoms with Crippen LogP contribution in [0, 0.1) is 0 Å². The van der Waals surface area contributed by atoms with E-state index in [1.54, 1.807) is 25.6 Å². The number of benzene rings is 3. The second-order valence-corrected chi connectivity index (χ2v) is 7.67. The molecule has 0 amide bonds. The Morgan fingerprint density at radius 1 is 0.800 bits per heavy atom. The van der Waals surface area contributed by atoms with Crippen molar-refractivity contribution in [3.63, 3.8) is 0 Å². The molecule has 0 saturated carbocycles. The standard InChI is InChI=1S/C24H19N3O2S/c1-28-20-12-17-19(13-21(20)29-2)26-24(18-14-30-22-11-7-6-10-16(18)22)27-23(17)25-15-8-4-3-5-9-15/h3-14H,1-2H3,(H,25,26,27). The van der Waals surface area contributed by atoms with E-state index in [1.807, 2.05) is 54.6 Å². The van der Waals surface area contributed by atoms with Gasteiger partial charge in [-0.15, -0.1) is 11.3 Å². The molecule has 0 spiro atoms. The molecule has 0 bridgehead atoms. The molecule has 0 saturated heterocycles. The van der Waals surface area contributed by atoms with Crippen LogP contribution in [0.1, 0.15) is 0 Å². The van der Waals surface area contributed by atoms with Crippen LogP contribution < -0.4 is 14.8 Å². The number of anilines is 2. The van der Waals surface area contributed by atoms with E-state index in [2.05, 4.69) is 22.8 Å². The number of nitrogens with one attached hydrogen (secondary N) is 1. The highest BCUT2D eigenvalue weighted by molar-refractivity contribution is 7.17. The van der Waals surface area contributed by atoms with Crippen LogP contribution in [0.15, 0.2) is 72.1 Å². The molecule has 0 radical (unpaired) electrons. The smallest absolute Gasteiger partial charge is 0.163 e. The summed E-state index contributed by atoms with van der Waals surface area (Å²) in [4.78, 5) is 9.78. The molecule has 30 heavy (non-hydrogen) atoms. The lowest BCUT2D eigenvalue weighted by atomic mass is 10.1. The summed E-state index contributed by atoms with van der Waals surface area (Å²) >= 11 is 1.69. The van der Waals surface area contributed by atoms with Gasteiger partial charge in [-0.3, -0.25) is 0 Å². The van der Waals surface area contributed by atoms with Crippen molar-refractivity contribution < 1.29 is 9.47 Å². The summed E-state index contributed by atoms with van der Waals surface area (Å²) in [6.45, 7) is 0. The Labute approximate surface area is 177 Å². The Bertz CT molecular complexity index is 1350. The van der Waals surface area contributed by atoms with E-state index in [0.717, 1.165) is 33.4 Å². The van der Waals surface area contributed by atoms with Crippen molar-refractivity contribution in [3.8, 4) is 22.9 Å². The number of methoxy groups -OCH3 is 2. The first kappa shape index (κ1) is 18.4. The van der Waals surface area contributed by atoms with Gasteiger partial charge in [0.25, 0.3) is 0 Å². The van der Waals surface area contributed by atoms with Crippen molar-refractivity contribution >= 4 is 43.8 Å². The fraction of sp³-hybridized carbons (Fsp3) is 0.0833. The number of para-hydroxylation sites is 1. The van der Waals surface area contributed by atoms with Crippen molar-refractivity contribution in [2.45, 2.75) is 0 Å². The number of aromatic nitrogens is 2. The zero-order valence-corrected chi connectivity index (χ0v) is 17.4. The molecule has 1 N–H and O–H groups in total.